The third kappa shape index (κ3) is 3.83. The smallest absolute Gasteiger partial charge is 0.258 e. The summed E-state index contributed by atoms with van der Waals surface area (Å²) in [5, 5.41) is 6.45. The van der Waals surface area contributed by atoms with Gasteiger partial charge in [-0.2, -0.15) is 0 Å². The molecule has 0 aliphatic rings. The van der Waals surface area contributed by atoms with Gasteiger partial charge in [0.15, 0.2) is 0 Å². The van der Waals surface area contributed by atoms with Gasteiger partial charge in [-0.15, -0.1) is 0 Å². The molecule has 0 aliphatic carbocycles. The lowest BCUT2D eigenvalue weighted by Crippen LogP contribution is -2.22. The molecule has 3 aromatic carbocycles. The van der Waals surface area contributed by atoms with Crippen molar-refractivity contribution in [1.82, 2.24) is 15.3 Å². The van der Waals surface area contributed by atoms with E-state index in [4.69, 9.17) is 0 Å². The minimum absolute atomic E-state index is 0.129. The minimum atomic E-state index is -0.142. The number of rotatable bonds is 4. The van der Waals surface area contributed by atoms with Crippen LogP contribution in [0, 0.1) is 0 Å². The van der Waals surface area contributed by atoms with E-state index in [0.29, 0.717) is 23.3 Å². The molecule has 136 valence electrons. The van der Waals surface area contributed by atoms with Crippen molar-refractivity contribution in [3.8, 4) is 0 Å². The molecule has 2 N–H and O–H groups in total. The van der Waals surface area contributed by atoms with E-state index in [1.807, 2.05) is 18.2 Å². The van der Waals surface area contributed by atoms with Crippen molar-refractivity contribution in [2.75, 3.05) is 0 Å². The Morgan fingerprint density at radius 3 is 2.67 bits per heavy atom. The second-order valence-electron chi connectivity index (χ2n) is 6.51. The SMILES string of the molecule is C[C@@H](NCc1nc2c(Br)cc(Br)cc2c(=O)[nH]1)c1ccc2ccccc2c1. The van der Waals surface area contributed by atoms with Gasteiger partial charge in [0.2, 0.25) is 0 Å². The van der Waals surface area contributed by atoms with Gasteiger partial charge >= 0.3 is 0 Å². The van der Waals surface area contributed by atoms with E-state index < -0.39 is 0 Å². The predicted octanol–water partition coefficient (Wildman–Crippen LogP) is 5.45. The Bertz CT molecular complexity index is 1200. The molecule has 0 aliphatic heterocycles. The Kier molecular flexibility index (Phi) is 5.12. The molecule has 4 nitrogen and oxygen atoms in total. The van der Waals surface area contributed by atoms with E-state index in [0.717, 1.165) is 8.95 Å². The molecule has 0 bridgehead atoms. The average molecular weight is 487 g/mol. The average Bonchev–Trinajstić information content (AvgIpc) is 2.66. The van der Waals surface area contributed by atoms with E-state index >= 15 is 0 Å². The van der Waals surface area contributed by atoms with Gasteiger partial charge in [0.1, 0.15) is 5.82 Å². The number of benzene rings is 3. The zero-order chi connectivity index (χ0) is 19.0. The Morgan fingerprint density at radius 2 is 1.85 bits per heavy atom. The quantitative estimate of drug-likeness (QED) is 0.403. The summed E-state index contributed by atoms with van der Waals surface area (Å²) >= 11 is 6.90. The predicted molar refractivity (Wildman–Crippen MR) is 117 cm³/mol. The molecule has 27 heavy (non-hydrogen) atoms. The fourth-order valence-corrected chi connectivity index (χ4v) is 4.46. The van der Waals surface area contributed by atoms with Gasteiger partial charge in [-0.1, -0.05) is 52.3 Å². The Hall–Kier alpha value is -2.02. The molecule has 1 aromatic heterocycles. The molecule has 1 heterocycles. The molecular formula is C21H17Br2N3O. The van der Waals surface area contributed by atoms with E-state index in [-0.39, 0.29) is 11.6 Å². The van der Waals surface area contributed by atoms with Crippen molar-refractivity contribution in [1.29, 1.82) is 0 Å². The first-order valence-electron chi connectivity index (χ1n) is 8.61. The third-order valence-electron chi connectivity index (χ3n) is 4.63. The maximum atomic E-state index is 12.4. The summed E-state index contributed by atoms with van der Waals surface area (Å²) in [5.74, 6) is 0.614. The molecule has 1 atom stereocenters. The fourth-order valence-electron chi connectivity index (χ4n) is 3.14. The van der Waals surface area contributed by atoms with Crippen LogP contribution in [0.2, 0.25) is 0 Å². The summed E-state index contributed by atoms with van der Waals surface area (Å²) in [4.78, 5) is 19.9. The van der Waals surface area contributed by atoms with E-state index in [1.165, 1.54) is 16.3 Å². The lowest BCUT2D eigenvalue weighted by Gasteiger charge is -2.15. The molecule has 0 saturated heterocycles. The molecule has 0 radical (unpaired) electrons. The number of halogens is 2. The molecule has 6 heteroatoms. The van der Waals surface area contributed by atoms with Gasteiger partial charge in [0, 0.05) is 15.0 Å². The molecule has 0 unspecified atom stereocenters. The van der Waals surface area contributed by atoms with Crippen LogP contribution in [0.15, 0.2) is 68.3 Å². The highest BCUT2D eigenvalue weighted by molar-refractivity contribution is 9.11. The first kappa shape index (κ1) is 18.3. The molecule has 0 spiro atoms. The third-order valence-corrected chi connectivity index (χ3v) is 5.69. The van der Waals surface area contributed by atoms with Crippen molar-refractivity contribution in [2.45, 2.75) is 19.5 Å². The summed E-state index contributed by atoms with van der Waals surface area (Å²) in [6, 6.07) is 18.6. The molecule has 0 fully saturated rings. The maximum Gasteiger partial charge on any atom is 0.258 e. The Morgan fingerprint density at radius 1 is 1.07 bits per heavy atom. The Labute approximate surface area is 173 Å². The number of hydrogen-bond donors (Lipinski definition) is 2. The second kappa shape index (κ2) is 7.54. The van der Waals surface area contributed by atoms with Crippen LogP contribution in [0.25, 0.3) is 21.7 Å². The Balaban J connectivity index is 1.58. The van der Waals surface area contributed by atoms with Crippen molar-refractivity contribution in [2.24, 2.45) is 0 Å². The van der Waals surface area contributed by atoms with Crippen LogP contribution >= 0.6 is 31.9 Å². The summed E-state index contributed by atoms with van der Waals surface area (Å²) in [7, 11) is 0. The van der Waals surface area contributed by atoms with Crippen LogP contribution in [0.3, 0.4) is 0 Å². The number of hydrogen-bond acceptors (Lipinski definition) is 3. The van der Waals surface area contributed by atoms with E-state index in [9.17, 15) is 4.79 Å². The van der Waals surface area contributed by atoms with Gasteiger partial charge in [-0.25, -0.2) is 4.98 Å². The molecular weight excluding hydrogens is 470 g/mol. The van der Waals surface area contributed by atoms with Crippen LogP contribution in [0.1, 0.15) is 24.4 Å². The minimum Gasteiger partial charge on any atom is -0.309 e. The number of aromatic nitrogens is 2. The number of H-pyrrole nitrogens is 1. The van der Waals surface area contributed by atoms with Crippen molar-refractivity contribution >= 4 is 53.5 Å². The monoisotopic (exact) mass is 485 g/mol. The highest BCUT2D eigenvalue weighted by Gasteiger charge is 2.11. The first-order valence-corrected chi connectivity index (χ1v) is 10.2. The fraction of sp³-hybridized carbons (Fsp3) is 0.143. The lowest BCUT2D eigenvalue weighted by molar-refractivity contribution is 0.560. The largest absolute Gasteiger partial charge is 0.309 e. The molecule has 4 rings (SSSR count). The van der Waals surface area contributed by atoms with Crippen LogP contribution in [-0.2, 0) is 6.54 Å². The van der Waals surface area contributed by atoms with Crippen LogP contribution < -0.4 is 10.9 Å². The van der Waals surface area contributed by atoms with Crippen molar-refractivity contribution in [3.63, 3.8) is 0 Å². The van der Waals surface area contributed by atoms with Gasteiger partial charge in [-0.3, -0.25) is 4.79 Å². The molecule has 0 saturated carbocycles. The summed E-state index contributed by atoms with van der Waals surface area (Å²) in [6.45, 7) is 2.58. The number of nitrogens with zero attached hydrogens (tertiary/aromatic N) is 1. The van der Waals surface area contributed by atoms with Gasteiger partial charge in [-0.05, 0) is 57.4 Å². The van der Waals surface area contributed by atoms with Crippen molar-refractivity contribution < 1.29 is 0 Å². The second-order valence-corrected chi connectivity index (χ2v) is 8.28. The highest BCUT2D eigenvalue weighted by Crippen LogP contribution is 2.25. The molecule has 4 aromatic rings. The number of nitrogens with one attached hydrogen (secondary N) is 2. The van der Waals surface area contributed by atoms with E-state index in [2.05, 4.69) is 84.4 Å². The standard InChI is InChI=1S/C21H17Br2N3O/c1-12(14-7-6-13-4-2-3-5-15(13)8-14)24-11-19-25-20-17(21(27)26-19)9-16(22)10-18(20)23/h2-10,12,24H,11H2,1H3,(H,25,26,27)/t12-/m1/s1. The topological polar surface area (TPSA) is 57.8 Å². The van der Waals surface area contributed by atoms with E-state index in [1.54, 1.807) is 6.07 Å². The van der Waals surface area contributed by atoms with Crippen LogP contribution in [-0.4, -0.2) is 9.97 Å². The van der Waals surface area contributed by atoms with Crippen LogP contribution in [0.5, 0.6) is 0 Å². The van der Waals surface area contributed by atoms with Gasteiger partial charge in [0.25, 0.3) is 5.56 Å². The summed E-state index contributed by atoms with van der Waals surface area (Å²) in [6.07, 6.45) is 0. The summed E-state index contributed by atoms with van der Waals surface area (Å²) in [5.41, 5.74) is 1.72. The van der Waals surface area contributed by atoms with Crippen LogP contribution in [0.4, 0.5) is 0 Å². The number of fused-ring (bicyclic) bond motifs is 2. The van der Waals surface area contributed by atoms with Crippen molar-refractivity contribution in [3.05, 3.63) is 85.3 Å². The normalized spacial score (nSPS) is 12.6. The van der Waals surface area contributed by atoms with Gasteiger partial charge < -0.3 is 10.3 Å². The highest BCUT2D eigenvalue weighted by atomic mass is 79.9. The maximum absolute atomic E-state index is 12.4. The first-order chi connectivity index (χ1) is 13.0. The number of aromatic amines is 1. The summed E-state index contributed by atoms with van der Waals surface area (Å²) < 4.78 is 1.63. The zero-order valence-electron chi connectivity index (χ0n) is 14.6. The van der Waals surface area contributed by atoms with Gasteiger partial charge in [0.05, 0.1) is 17.4 Å². The zero-order valence-corrected chi connectivity index (χ0v) is 17.8. The lowest BCUT2D eigenvalue weighted by atomic mass is 10.0. The molecule has 0 amide bonds.